The summed E-state index contributed by atoms with van der Waals surface area (Å²) in [6, 6.07) is 11.7. The molecule has 4 rings (SSSR count). The molecule has 0 aliphatic carbocycles. The zero-order valence-electron chi connectivity index (χ0n) is 17.5. The molecule has 3 unspecified atom stereocenters. The average Bonchev–Trinajstić information content (AvgIpc) is 3.27. The van der Waals surface area contributed by atoms with E-state index >= 15 is 0 Å². The van der Waals surface area contributed by atoms with Crippen molar-refractivity contribution in [2.24, 2.45) is 11.8 Å². The number of aliphatic hydroxyl groups is 1. The van der Waals surface area contributed by atoms with E-state index < -0.39 is 47.8 Å². The van der Waals surface area contributed by atoms with Gasteiger partial charge in [0.05, 0.1) is 23.2 Å². The Bertz CT molecular complexity index is 1230. The summed E-state index contributed by atoms with van der Waals surface area (Å²) in [6.07, 6.45) is -6.27. The summed E-state index contributed by atoms with van der Waals surface area (Å²) in [6.45, 7) is 1.49. The standard InChI is InChI=1S/C22H18F4N4O4/c1-11-18(21(33)28-19(11)31)20(32)27-17-10-16(30(29-17)14-7-5-13(23)6-8-14)12-3-2-4-15(9-12)34-22(24,25)26/h2-11,18,21,33H,1H3,(H,28,31)(H,27,29,32). The van der Waals surface area contributed by atoms with E-state index in [0.717, 1.165) is 12.1 Å². The Morgan fingerprint density at radius 1 is 1.18 bits per heavy atom. The third-order valence-electron chi connectivity index (χ3n) is 5.28. The first-order valence-electron chi connectivity index (χ1n) is 10.0. The fraction of sp³-hybridized carbons (Fsp3) is 0.227. The number of nitrogens with zero attached hydrogens (tertiary/aromatic N) is 2. The number of aromatic nitrogens is 2. The molecule has 12 heteroatoms. The average molecular weight is 478 g/mol. The van der Waals surface area contributed by atoms with Gasteiger partial charge in [0.2, 0.25) is 11.8 Å². The molecule has 178 valence electrons. The quantitative estimate of drug-likeness (QED) is 0.489. The monoisotopic (exact) mass is 478 g/mol. The number of alkyl halides is 3. The van der Waals surface area contributed by atoms with E-state index in [1.54, 1.807) is 0 Å². The van der Waals surface area contributed by atoms with Crippen LogP contribution in [-0.4, -0.2) is 39.3 Å². The van der Waals surface area contributed by atoms with E-state index in [2.05, 4.69) is 20.5 Å². The predicted octanol–water partition coefficient (Wildman–Crippen LogP) is 3.22. The van der Waals surface area contributed by atoms with Gasteiger partial charge in [-0.25, -0.2) is 9.07 Å². The number of halogens is 4. The summed E-state index contributed by atoms with van der Waals surface area (Å²) in [5.74, 6) is -3.98. The fourth-order valence-corrected chi connectivity index (χ4v) is 3.66. The van der Waals surface area contributed by atoms with Crippen LogP contribution in [0.4, 0.5) is 23.4 Å². The maximum absolute atomic E-state index is 13.4. The van der Waals surface area contributed by atoms with Crippen molar-refractivity contribution in [2.75, 3.05) is 5.32 Å². The predicted molar refractivity (Wildman–Crippen MR) is 111 cm³/mol. The van der Waals surface area contributed by atoms with Crippen molar-refractivity contribution in [1.29, 1.82) is 0 Å². The van der Waals surface area contributed by atoms with Crippen LogP contribution in [0.25, 0.3) is 16.9 Å². The first kappa shape index (κ1) is 23.2. The second kappa shape index (κ2) is 8.78. The van der Waals surface area contributed by atoms with Gasteiger partial charge in [-0.1, -0.05) is 19.1 Å². The Morgan fingerprint density at radius 3 is 2.50 bits per heavy atom. The van der Waals surface area contributed by atoms with Gasteiger partial charge in [0.1, 0.15) is 17.8 Å². The molecule has 3 aromatic rings. The summed E-state index contributed by atoms with van der Waals surface area (Å²) in [4.78, 5) is 24.5. The number of hydrogen-bond donors (Lipinski definition) is 3. The third kappa shape index (κ3) is 4.86. The van der Waals surface area contributed by atoms with Gasteiger partial charge in [-0.05, 0) is 36.4 Å². The zero-order chi connectivity index (χ0) is 24.6. The van der Waals surface area contributed by atoms with Gasteiger partial charge in [0, 0.05) is 11.6 Å². The molecule has 34 heavy (non-hydrogen) atoms. The van der Waals surface area contributed by atoms with Crippen LogP contribution in [0.1, 0.15) is 6.92 Å². The van der Waals surface area contributed by atoms with Gasteiger partial charge in [-0.15, -0.1) is 18.3 Å². The molecular formula is C22H18F4N4O4. The van der Waals surface area contributed by atoms with Crippen molar-refractivity contribution >= 4 is 17.6 Å². The zero-order valence-corrected chi connectivity index (χ0v) is 17.5. The number of benzene rings is 2. The molecule has 1 aliphatic heterocycles. The highest BCUT2D eigenvalue weighted by molar-refractivity contribution is 5.98. The van der Waals surface area contributed by atoms with E-state index in [9.17, 15) is 32.3 Å². The summed E-state index contributed by atoms with van der Waals surface area (Å²) in [5, 5.41) is 19.1. The van der Waals surface area contributed by atoms with Crippen LogP contribution in [0.5, 0.6) is 5.75 Å². The molecule has 1 fully saturated rings. The minimum absolute atomic E-state index is 0.00483. The van der Waals surface area contributed by atoms with Crippen molar-refractivity contribution in [3.05, 3.63) is 60.4 Å². The molecule has 2 heterocycles. The van der Waals surface area contributed by atoms with Crippen LogP contribution in [0.3, 0.4) is 0 Å². The number of carbonyl (C=O) groups excluding carboxylic acids is 2. The molecule has 0 bridgehead atoms. The molecule has 2 amide bonds. The maximum Gasteiger partial charge on any atom is 0.573 e. The largest absolute Gasteiger partial charge is 0.573 e. The summed E-state index contributed by atoms with van der Waals surface area (Å²) < 4.78 is 56.7. The SMILES string of the molecule is CC1C(=O)NC(O)C1C(=O)Nc1cc(-c2cccc(OC(F)(F)F)c2)n(-c2ccc(F)cc2)n1. The minimum Gasteiger partial charge on any atom is -0.406 e. The number of ether oxygens (including phenoxy) is 1. The lowest BCUT2D eigenvalue weighted by atomic mass is 9.95. The molecule has 0 radical (unpaired) electrons. The molecule has 2 aromatic carbocycles. The fourth-order valence-electron chi connectivity index (χ4n) is 3.66. The smallest absolute Gasteiger partial charge is 0.406 e. The van der Waals surface area contributed by atoms with Crippen molar-refractivity contribution in [2.45, 2.75) is 19.5 Å². The van der Waals surface area contributed by atoms with Crippen LogP contribution in [0.2, 0.25) is 0 Å². The number of aliphatic hydroxyl groups excluding tert-OH is 1. The maximum atomic E-state index is 13.4. The highest BCUT2D eigenvalue weighted by atomic mass is 19.4. The number of anilines is 1. The molecule has 1 saturated heterocycles. The van der Waals surface area contributed by atoms with Gasteiger partial charge >= 0.3 is 6.36 Å². The Morgan fingerprint density at radius 2 is 1.88 bits per heavy atom. The number of hydrogen-bond acceptors (Lipinski definition) is 5. The van der Waals surface area contributed by atoms with Crippen LogP contribution >= 0.6 is 0 Å². The number of nitrogens with one attached hydrogen (secondary N) is 2. The first-order chi connectivity index (χ1) is 16.0. The van der Waals surface area contributed by atoms with Crippen molar-refractivity contribution in [1.82, 2.24) is 15.1 Å². The molecular weight excluding hydrogens is 460 g/mol. The number of rotatable bonds is 5. The second-order valence-electron chi connectivity index (χ2n) is 7.64. The molecule has 3 N–H and O–H groups in total. The van der Waals surface area contributed by atoms with E-state index in [1.165, 1.54) is 54.1 Å². The Balaban J connectivity index is 1.71. The van der Waals surface area contributed by atoms with Crippen LogP contribution in [-0.2, 0) is 9.59 Å². The highest BCUT2D eigenvalue weighted by Gasteiger charge is 2.43. The second-order valence-corrected chi connectivity index (χ2v) is 7.64. The Kier molecular flexibility index (Phi) is 6.00. The molecule has 0 saturated carbocycles. The summed E-state index contributed by atoms with van der Waals surface area (Å²) in [7, 11) is 0. The van der Waals surface area contributed by atoms with Gasteiger partial charge in [-0.2, -0.15) is 0 Å². The lowest BCUT2D eigenvalue weighted by Crippen LogP contribution is -2.36. The Hall–Kier alpha value is -3.93. The highest BCUT2D eigenvalue weighted by Crippen LogP contribution is 2.31. The molecule has 3 atom stereocenters. The molecule has 8 nitrogen and oxygen atoms in total. The van der Waals surface area contributed by atoms with Gasteiger partial charge in [-0.3, -0.25) is 9.59 Å². The van der Waals surface area contributed by atoms with Crippen LogP contribution in [0.15, 0.2) is 54.6 Å². The van der Waals surface area contributed by atoms with E-state index in [-0.39, 0.29) is 17.1 Å². The summed E-state index contributed by atoms with van der Waals surface area (Å²) in [5.41, 5.74) is 0.902. The number of amides is 2. The van der Waals surface area contributed by atoms with Gasteiger partial charge in [0.25, 0.3) is 0 Å². The van der Waals surface area contributed by atoms with Crippen molar-refractivity contribution in [3.8, 4) is 22.7 Å². The topological polar surface area (TPSA) is 105 Å². The lowest BCUT2D eigenvalue weighted by Gasteiger charge is -2.15. The van der Waals surface area contributed by atoms with Gasteiger partial charge < -0.3 is 20.5 Å². The van der Waals surface area contributed by atoms with E-state index in [1.807, 2.05) is 0 Å². The summed E-state index contributed by atoms with van der Waals surface area (Å²) >= 11 is 0. The van der Waals surface area contributed by atoms with Crippen LogP contribution in [0, 0.1) is 17.7 Å². The first-order valence-corrected chi connectivity index (χ1v) is 10.0. The van der Waals surface area contributed by atoms with E-state index in [0.29, 0.717) is 5.69 Å². The molecule has 1 aliphatic rings. The lowest BCUT2D eigenvalue weighted by molar-refractivity contribution is -0.274. The van der Waals surface area contributed by atoms with Gasteiger partial charge in [0.15, 0.2) is 5.82 Å². The Labute approximate surface area is 190 Å². The van der Waals surface area contributed by atoms with Crippen molar-refractivity contribution < 1.29 is 37.0 Å². The normalized spacial score (nSPS) is 20.2. The van der Waals surface area contributed by atoms with E-state index in [4.69, 9.17) is 0 Å². The number of carbonyl (C=O) groups is 2. The molecule has 0 spiro atoms. The molecule has 1 aromatic heterocycles. The van der Waals surface area contributed by atoms with Crippen LogP contribution < -0.4 is 15.4 Å². The minimum atomic E-state index is -4.89. The van der Waals surface area contributed by atoms with Crippen molar-refractivity contribution in [3.63, 3.8) is 0 Å². The third-order valence-corrected chi connectivity index (χ3v) is 5.28.